The number of aliphatic hydroxyl groups is 1. The van der Waals surface area contributed by atoms with Crippen LogP contribution in [-0.2, 0) is 0 Å². The summed E-state index contributed by atoms with van der Waals surface area (Å²) in [6.07, 6.45) is 0.768. The minimum absolute atomic E-state index is 0.372. The number of aliphatic hydroxyl groups excluding tert-OH is 1. The van der Waals surface area contributed by atoms with Crippen molar-refractivity contribution in [1.29, 1.82) is 0 Å². The van der Waals surface area contributed by atoms with Crippen LogP contribution in [0, 0.1) is 0 Å². The van der Waals surface area contributed by atoms with Gasteiger partial charge in [0.2, 0.25) is 0 Å². The average molecular weight is 163 g/mol. The molecule has 0 saturated heterocycles. The van der Waals surface area contributed by atoms with Gasteiger partial charge in [-0.25, -0.2) is 0 Å². The third kappa shape index (κ3) is 1.94. The van der Waals surface area contributed by atoms with Crippen LogP contribution in [0.15, 0.2) is 43.0 Å². The minimum Gasteiger partial charge on any atom is -0.387 e. The maximum Gasteiger partial charge on any atom is 0.0910 e. The van der Waals surface area contributed by atoms with Gasteiger partial charge in [-0.3, -0.25) is 0 Å². The Morgan fingerprint density at radius 1 is 1.33 bits per heavy atom. The maximum absolute atomic E-state index is 9.34. The third-order valence-electron chi connectivity index (χ3n) is 1.79. The van der Waals surface area contributed by atoms with Crippen molar-refractivity contribution < 1.29 is 5.11 Å². The molecule has 64 valence electrons. The molecule has 0 radical (unpaired) electrons. The van der Waals surface area contributed by atoms with E-state index in [1.54, 1.807) is 0 Å². The molecule has 0 fully saturated rings. The predicted molar refractivity (Wildman–Crippen MR) is 49.6 cm³/mol. The zero-order valence-electron chi connectivity index (χ0n) is 6.85. The van der Waals surface area contributed by atoms with Crippen molar-refractivity contribution in [2.24, 2.45) is 5.73 Å². The summed E-state index contributed by atoms with van der Waals surface area (Å²) in [6.45, 7) is 3.48. The highest BCUT2D eigenvalue weighted by Crippen LogP contribution is 2.13. The highest BCUT2D eigenvalue weighted by Gasteiger charge is 2.11. The van der Waals surface area contributed by atoms with Crippen LogP contribution < -0.4 is 5.73 Å². The molecular formula is C10H13NO. The van der Waals surface area contributed by atoms with Crippen molar-refractivity contribution in [3.05, 3.63) is 48.6 Å². The second kappa shape index (κ2) is 4.04. The molecule has 0 aliphatic rings. The van der Waals surface area contributed by atoms with E-state index in [0.29, 0.717) is 0 Å². The van der Waals surface area contributed by atoms with E-state index >= 15 is 0 Å². The Balaban J connectivity index is 2.78. The van der Waals surface area contributed by atoms with Gasteiger partial charge in [-0.05, 0) is 5.56 Å². The first-order valence-electron chi connectivity index (χ1n) is 3.87. The van der Waals surface area contributed by atoms with Gasteiger partial charge in [0.25, 0.3) is 0 Å². The van der Waals surface area contributed by atoms with Gasteiger partial charge in [-0.2, -0.15) is 0 Å². The molecule has 0 aliphatic carbocycles. The summed E-state index contributed by atoms with van der Waals surface area (Å²) in [7, 11) is 0. The minimum atomic E-state index is -0.674. The lowest BCUT2D eigenvalue weighted by atomic mass is 10.0. The van der Waals surface area contributed by atoms with E-state index in [1.807, 2.05) is 30.3 Å². The number of nitrogens with two attached hydrogens (primary N) is 1. The summed E-state index contributed by atoms with van der Waals surface area (Å²) < 4.78 is 0. The van der Waals surface area contributed by atoms with Gasteiger partial charge in [-0.15, -0.1) is 6.58 Å². The van der Waals surface area contributed by atoms with Gasteiger partial charge >= 0.3 is 0 Å². The zero-order valence-corrected chi connectivity index (χ0v) is 6.85. The summed E-state index contributed by atoms with van der Waals surface area (Å²) in [4.78, 5) is 0. The van der Waals surface area contributed by atoms with Crippen LogP contribution in [0.2, 0.25) is 0 Å². The Morgan fingerprint density at radius 2 is 1.92 bits per heavy atom. The van der Waals surface area contributed by atoms with Gasteiger partial charge in [0.15, 0.2) is 0 Å². The molecule has 1 rings (SSSR count). The van der Waals surface area contributed by atoms with E-state index in [2.05, 4.69) is 6.58 Å². The van der Waals surface area contributed by atoms with Crippen molar-refractivity contribution >= 4 is 0 Å². The van der Waals surface area contributed by atoms with Gasteiger partial charge in [0.05, 0.1) is 12.1 Å². The van der Waals surface area contributed by atoms with Gasteiger partial charge < -0.3 is 10.8 Å². The first kappa shape index (κ1) is 8.97. The van der Waals surface area contributed by atoms with Crippen LogP contribution in [-0.4, -0.2) is 11.2 Å². The van der Waals surface area contributed by atoms with E-state index in [9.17, 15) is 5.11 Å². The fraction of sp³-hybridized carbons (Fsp3) is 0.200. The Hall–Kier alpha value is -1.12. The summed E-state index contributed by atoms with van der Waals surface area (Å²) in [5, 5.41) is 9.34. The van der Waals surface area contributed by atoms with Gasteiger partial charge in [0.1, 0.15) is 0 Å². The summed E-state index contributed by atoms with van der Waals surface area (Å²) in [5.74, 6) is 0. The van der Waals surface area contributed by atoms with Crippen LogP contribution in [0.3, 0.4) is 0 Å². The molecule has 1 aromatic rings. The van der Waals surface area contributed by atoms with Crippen molar-refractivity contribution in [2.45, 2.75) is 12.1 Å². The molecule has 0 aromatic heterocycles. The van der Waals surface area contributed by atoms with Crippen molar-refractivity contribution in [2.75, 3.05) is 0 Å². The Labute approximate surface area is 72.3 Å². The van der Waals surface area contributed by atoms with E-state index < -0.39 is 6.10 Å². The fourth-order valence-electron chi connectivity index (χ4n) is 1.02. The average Bonchev–Trinajstić information content (AvgIpc) is 2.17. The zero-order chi connectivity index (χ0) is 8.97. The number of hydrogen-bond donors (Lipinski definition) is 2. The Kier molecular flexibility index (Phi) is 3.02. The number of benzene rings is 1. The number of hydrogen-bond acceptors (Lipinski definition) is 2. The summed E-state index contributed by atoms with van der Waals surface area (Å²) in [5.41, 5.74) is 6.65. The van der Waals surface area contributed by atoms with Crippen LogP contribution in [0.5, 0.6) is 0 Å². The molecule has 12 heavy (non-hydrogen) atoms. The van der Waals surface area contributed by atoms with Crippen molar-refractivity contribution in [3.63, 3.8) is 0 Å². The molecule has 0 aliphatic heterocycles. The lowest BCUT2D eigenvalue weighted by molar-refractivity contribution is 0.192. The molecule has 0 bridgehead atoms. The van der Waals surface area contributed by atoms with E-state index in [4.69, 9.17) is 5.73 Å². The molecule has 1 aromatic carbocycles. The maximum atomic E-state index is 9.34. The van der Waals surface area contributed by atoms with Crippen LogP contribution in [0.25, 0.3) is 0 Å². The molecule has 2 atom stereocenters. The summed E-state index contributed by atoms with van der Waals surface area (Å²) in [6, 6.07) is 9.10. The third-order valence-corrected chi connectivity index (χ3v) is 1.79. The molecule has 2 nitrogen and oxygen atoms in total. The van der Waals surface area contributed by atoms with Gasteiger partial charge in [-0.1, -0.05) is 36.4 Å². The Bertz CT molecular complexity index is 245. The molecule has 0 saturated carbocycles. The summed E-state index contributed by atoms with van der Waals surface area (Å²) >= 11 is 0. The molecule has 0 amide bonds. The molecule has 2 heteroatoms. The lowest BCUT2D eigenvalue weighted by Gasteiger charge is -2.15. The van der Waals surface area contributed by atoms with Crippen LogP contribution in [0.4, 0.5) is 0 Å². The number of rotatable bonds is 3. The SMILES string of the molecule is C=C[C@H](O)[C@H](N)c1ccccc1. The predicted octanol–water partition coefficient (Wildman–Crippen LogP) is 1.23. The van der Waals surface area contributed by atoms with Gasteiger partial charge in [0, 0.05) is 0 Å². The lowest BCUT2D eigenvalue weighted by Crippen LogP contribution is -2.23. The standard InChI is InChI=1S/C10H13NO/c1-2-9(12)10(11)8-6-4-3-5-7-8/h2-7,9-10,12H,1,11H2/t9-,10+/m0/s1. The first-order valence-corrected chi connectivity index (χ1v) is 3.87. The largest absolute Gasteiger partial charge is 0.387 e. The second-order valence-electron chi connectivity index (χ2n) is 2.66. The monoisotopic (exact) mass is 163 g/mol. The molecule has 0 unspecified atom stereocenters. The molecular weight excluding hydrogens is 150 g/mol. The highest BCUT2D eigenvalue weighted by atomic mass is 16.3. The first-order chi connectivity index (χ1) is 5.75. The van der Waals surface area contributed by atoms with Crippen molar-refractivity contribution in [3.8, 4) is 0 Å². The smallest absolute Gasteiger partial charge is 0.0910 e. The van der Waals surface area contributed by atoms with Crippen LogP contribution >= 0.6 is 0 Å². The molecule has 3 N–H and O–H groups in total. The molecule has 0 spiro atoms. The molecule has 0 heterocycles. The van der Waals surface area contributed by atoms with E-state index in [0.717, 1.165) is 5.56 Å². The van der Waals surface area contributed by atoms with E-state index in [1.165, 1.54) is 6.08 Å². The fourth-order valence-corrected chi connectivity index (χ4v) is 1.02. The second-order valence-corrected chi connectivity index (χ2v) is 2.66. The normalized spacial score (nSPS) is 15.2. The highest BCUT2D eigenvalue weighted by molar-refractivity contribution is 5.20. The quantitative estimate of drug-likeness (QED) is 0.658. The topological polar surface area (TPSA) is 46.2 Å². The Morgan fingerprint density at radius 3 is 2.42 bits per heavy atom. The van der Waals surface area contributed by atoms with Crippen molar-refractivity contribution in [1.82, 2.24) is 0 Å². The van der Waals surface area contributed by atoms with E-state index in [-0.39, 0.29) is 6.04 Å². The van der Waals surface area contributed by atoms with Crippen LogP contribution in [0.1, 0.15) is 11.6 Å².